The monoisotopic (exact) mass is 257 g/mol. The summed E-state index contributed by atoms with van der Waals surface area (Å²) < 4.78 is 1.98. The average Bonchev–Trinajstić information content (AvgIpc) is 2.50. The van der Waals surface area contributed by atoms with Gasteiger partial charge in [-0.3, -0.25) is 4.68 Å². The van der Waals surface area contributed by atoms with Crippen molar-refractivity contribution in [2.45, 2.75) is 44.5 Å². The maximum Gasteiger partial charge on any atom is 0.0960 e. The van der Waals surface area contributed by atoms with E-state index in [1.807, 2.05) is 10.9 Å². The van der Waals surface area contributed by atoms with Crippen molar-refractivity contribution < 1.29 is 0 Å². The number of hydrogen-bond donors (Lipinski definition) is 0. The van der Waals surface area contributed by atoms with Crippen molar-refractivity contribution in [1.82, 2.24) is 15.0 Å². The van der Waals surface area contributed by atoms with Crippen LogP contribution in [0.2, 0.25) is 0 Å². The smallest absolute Gasteiger partial charge is 0.0960 e. The number of hydrogen-bond acceptors (Lipinski definition) is 2. The molecule has 2 rings (SSSR count). The second-order valence-corrected chi connectivity index (χ2v) is 5.99. The minimum Gasteiger partial charge on any atom is -0.252 e. The van der Waals surface area contributed by atoms with Crippen LogP contribution in [0.25, 0.3) is 0 Å². The van der Waals surface area contributed by atoms with E-state index in [2.05, 4.69) is 40.1 Å². The number of alkyl halides is 1. The Bertz CT molecular complexity index is 315. The molecule has 1 fully saturated rings. The fourth-order valence-corrected chi connectivity index (χ4v) is 2.11. The van der Waals surface area contributed by atoms with Crippen molar-refractivity contribution >= 4 is 15.9 Å². The molecule has 0 N–H and O–H groups in total. The zero-order valence-electron chi connectivity index (χ0n) is 8.70. The lowest BCUT2D eigenvalue weighted by atomic mass is 9.70. The number of aromatic nitrogens is 3. The van der Waals surface area contributed by atoms with Crippen molar-refractivity contribution in [2.24, 2.45) is 5.41 Å². The molecule has 0 amide bonds. The van der Waals surface area contributed by atoms with Crippen LogP contribution in [0.4, 0.5) is 0 Å². The maximum atomic E-state index is 4.14. The van der Waals surface area contributed by atoms with Gasteiger partial charge in [-0.15, -0.1) is 5.10 Å². The molecule has 0 aliphatic heterocycles. The summed E-state index contributed by atoms with van der Waals surface area (Å²) in [6, 6.07) is 0. The predicted molar refractivity (Wildman–Crippen MR) is 59.3 cm³/mol. The van der Waals surface area contributed by atoms with Crippen LogP contribution in [0.5, 0.6) is 0 Å². The van der Waals surface area contributed by atoms with E-state index in [0.29, 0.717) is 10.2 Å². The highest BCUT2D eigenvalue weighted by Gasteiger charge is 2.32. The highest BCUT2D eigenvalue weighted by molar-refractivity contribution is 9.09. The largest absolute Gasteiger partial charge is 0.252 e. The molecule has 78 valence electrons. The van der Waals surface area contributed by atoms with Crippen LogP contribution in [0, 0.1) is 5.41 Å². The Kier molecular flexibility index (Phi) is 2.64. The number of rotatable bonds is 3. The maximum absolute atomic E-state index is 4.14. The first kappa shape index (κ1) is 10.1. The third kappa shape index (κ3) is 2.00. The Labute approximate surface area is 93.0 Å². The summed E-state index contributed by atoms with van der Waals surface area (Å²) in [6.45, 7) is 5.41. The SMILES string of the molecule is CC(Br)c1cn(CC2(C)CCC2)nn1. The fraction of sp³-hybridized carbons (Fsp3) is 0.800. The Morgan fingerprint density at radius 1 is 1.64 bits per heavy atom. The first-order chi connectivity index (χ1) is 6.59. The quantitative estimate of drug-likeness (QED) is 0.780. The van der Waals surface area contributed by atoms with Gasteiger partial charge < -0.3 is 0 Å². The molecule has 4 heteroatoms. The molecule has 1 aliphatic carbocycles. The normalized spacial score (nSPS) is 21.6. The van der Waals surface area contributed by atoms with E-state index in [4.69, 9.17) is 0 Å². The molecular formula is C10H16BrN3. The van der Waals surface area contributed by atoms with Gasteiger partial charge in [0.05, 0.1) is 10.5 Å². The lowest BCUT2D eigenvalue weighted by Crippen LogP contribution is -2.30. The standard InChI is InChI=1S/C10H16BrN3/c1-8(11)9-6-14(13-12-9)7-10(2)4-3-5-10/h6,8H,3-5,7H2,1-2H3. The van der Waals surface area contributed by atoms with Gasteiger partial charge in [0.2, 0.25) is 0 Å². The zero-order valence-corrected chi connectivity index (χ0v) is 10.3. The zero-order chi connectivity index (χ0) is 10.2. The second-order valence-electron chi connectivity index (χ2n) is 4.62. The van der Waals surface area contributed by atoms with Crippen molar-refractivity contribution in [3.05, 3.63) is 11.9 Å². The average molecular weight is 258 g/mol. The summed E-state index contributed by atoms with van der Waals surface area (Å²) in [4.78, 5) is 0.297. The minimum atomic E-state index is 0.297. The molecule has 1 aromatic rings. The first-order valence-electron chi connectivity index (χ1n) is 5.13. The number of halogens is 1. The summed E-state index contributed by atoms with van der Waals surface area (Å²) >= 11 is 3.49. The summed E-state index contributed by atoms with van der Waals surface area (Å²) in [5.74, 6) is 0. The minimum absolute atomic E-state index is 0.297. The molecule has 1 aliphatic rings. The summed E-state index contributed by atoms with van der Waals surface area (Å²) in [6.07, 6.45) is 6.06. The van der Waals surface area contributed by atoms with E-state index < -0.39 is 0 Å². The van der Waals surface area contributed by atoms with Gasteiger partial charge in [0.15, 0.2) is 0 Å². The molecule has 1 atom stereocenters. The lowest BCUT2D eigenvalue weighted by Gasteiger charge is -2.37. The van der Waals surface area contributed by atoms with Crippen LogP contribution in [-0.4, -0.2) is 15.0 Å². The van der Waals surface area contributed by atoms with Crippen molar-refractivity contribution in [1.29, 1.82) is 0 Å². The van der Waals surface area contributed by atoms with Gasteiger partial charge in [0, 0.05) is 12.7 Å². The topological polar surface area (TPSA) is 30.7 Å². The van der Waals surface area contributed by atoms with Crippen LogP contribution in [0.1, 0.15) is 43.6 Å². The summed E-state index contributed by atoms with van der Waals surface area (Å²) in [5.41, 5.74) is 1.49. The van der Waals surface area contributed by atoms with Gasteiger partial charge in [0.1, 0.15) is 0 Å². The van der Waals surface area contributed by atoms with Gasteiger partial charge in [0.25, 0.3) is 0 Å². The van der Waals surface area contributed by atoms with Crippen LogP contribution in [0.3, 0.4) is 0 Å². The Morgan fingerprint density at radius 2 is 2.36 bits per heavy atom. The highest BCUT2D eigenvalue weighted by atomic mass is 79.9. The van der Waals surface area contributed by atoms with Crippen LogP contribution in [0.15, 0.2) is 6.20 Å². The Morgan fingerprint density at radius 3 is 2.79 bits per heavy atom. The van der Waals surface area contributed by atoms with Gasteiger partial charge in [-0.2, -0.15) is 0 Å². The molecule has 1 saturated carbocycles. The molecule has 3 nitrogen and oxygen atoms in total. The van der Waals surface area contributed by atoms with Crippen molar-refractivity contribution in [2.75, 3.05) is 0 Å². The molecule has 1 heterocycles. The summed E-state index contributed by atoms with van der Waals surface area (Å²) in [5, 5.41) is 8.27. The Hall–Kier alpha value is -0.380. The molecule has 0 aromatic carbocycles. The van der Waals surface area contributed by atoms with Gasteiger partial charge >= 0.3 is 0 Å². The van der Waals surface area contributed by atoms with E-state index in [-0.39, 0.29) is 0 Å². The second kappa shape index (κ2) is 3.65. The van der Waals surface area contributed by atoms with Crippen LogP contribution < -0.4 is 0 Å². The van der Waals surface area contributed by atoms with E-state index in [1.54, 1.807) is 0 Å². The fourth-order valence-electron chi connectivity index (χ4n) is 1.90. The molecule has 0 spiro atoms. The van der Waals surface area contributed by atoms with Gasteiger partial charge in [-0.05, 0) is 25.2 Å². The van der Waals surface area contributed by atoms with E-state index >= 15 is 0 Å². The third-order valence-corrected chi connectivity index (χ3v) is 3.54. The number of nitrogens with zero attached hydrogens (tertiary/aromatic N) is 3. The molecular weight excluding hydrogens is 242 g/mol. The van der Waals surface area contributed by atoms with Crippen molar-refractivity contribution in [3.8, 4) is 0 Å². The van der Waals surface area contributed by atoms with Gasteiger partial charge in [-0.25, -0.2) is 0 Å². The van der Waals surface area contributed by atoms with Crippen LogP contribution >= 0.6 is 15.9 Å². The molecule has 0 bridgehead atoms. The molecule has 1 aromatic heterocycles. The molecule has 1 unspecified atom stereocenters. The lowest BCUT2D eigenvalue weighted by molar-refractivity contribution is 0.125. The van der Waals surface area contributed by atoms with E-state index in [0.717, 1.165) is 12.2 Å². The van der Waals surface area contributed by atoms with Crippen LogP contribution in [-0.2, 0) is 6.54 Å². The van der Waals surface area contributed by atoms with Gasteiger partial charge in [-0.1, -0.05) is 34.5 Å². The summed E-state index contributed by atoms with van der Waals surface area (Å²) in [7, 11) is 0. The molecule has 0 radical (unpaired) electrons. The Balaban J connectivity index is 2.02. The highest BCUT2D eigenvalue weighted by Crippen LogP contribution is 2.41. The predicted octanol–water partition coefficient (Wildman–Crippen LogP) is 2.92. The molecule has 14 heavy (non-hydrogen) atoms. The molecule has 0 saturated heterocycles. The van der Waals surface area contributed by atoms with E-state index in [1.165, 1.54) is 19.3 Å². The third-order valence-electron chi connectivity index (χ3n) is 3.07. The first-order valence-corrected chi connectivity index (χ1v) is 6.05. The van der Waals surface area contributed by atoms with Crippen molar-refractivity contribution in [3.63, 3.8) is 0 Å². The van der Waals surface area contributed by atoms with E-state index in [9.17, 15) is 0 Å².